The van der Waals surface area contributed by atoms with Crippen molar-refractivity contribution in [1.82, 2.24) is 5.32 Å². The highest BCUT2D eigenvalue weighted by Gasteiger charge is 2.07. The summed E-state index contributed by atoms with van der Waals surface area (Å²) in [7, 11) is 3.07. The number of hydrogen-bond acceptors (Lipinski definition) is 5. The van der Waals surface area contributed by atoms with E-state index in [0.717, 1.165) is 11.1 Å². The molecule has 0 aromatic heterocycles. The summed E-state index contributed by atoms with van der Waals surface area (Å²) in [5, 5.41) is 3.20. The second-order valence-electron chi connectivity index (χ2n) is 5.42. The molecule has 0 radical (unpaired) electrons. The van der Waals surface area contributed by atoms with Crippen LogP contribution in [0.1, 0.15) is 11.1 Å². The highest BCUT2D eigenvalue weighted by Crippen LogP contribution is 2.27. The number of hydrogen-bond donors (Lipinski definition) is 1. The lowest BCUT2D eigenvalue weighted by molar-refractivity contribution is -0.143. The van der Waals surface area contributed by atoms with Crippen molar-refractivity contribution in [2.45, 2.75) is 6.54 Å². The van der Waals surface area contributed by atoms with Crippen molar-refractivity contribution < 1.29 is 23.8 Å². The van der Waals surface area contributed by atoms with E-state index in [1.807, 2.05) is 6.07 Å². The van der Waals surface area contributed by atoms with Crippen molar-refractivity contribution in [3.8, 4) is 11.5 Å². The summed E-state index contributed by atoms with van der Waals surface area (Å²) in [6.45, 7) is -0.114. The minimum Gasteiger partial charge on any atom is -0.493 e. The Morgan fingerprint density at radius 3 is 2.52 bits per heavy atom. The van der Waals surface area contributed by atoms with Crippen LogP contribution in [0.4, 0.5) is 0 Å². The Morgan fingerprint density at radius 2 is 1.81 bits per heavy atom. The van der Waals surface area contributed by atoms with Gasteiger partial charge in [-0.15, -0.1) is 0 Å². The first-order chi connectivity index (χ1) is 13.0. The summed E-state index contributed by atoms with van der Waals surface area (Å²) in [5.74, 6) is 0.0971. The summed E-state index contributed by atoms with van der Waals surface area (Å²) in [6, 6.07) is 12.4. The van der Waals surface area contributed by atoms with E-state index in [1.54, 1.807) is 49.6 Å². The van der Waals surface area contributed by atoms with E-state index in [-0.39, 0.29) is 13.2 Å². The second kappa shape index (κ2) is 10.2. The first kappa shape index (κ1) is 20.3. The number of nitrogens with one attached hydrogen (secondary N) is 1. The molecule has 0 fully saturated rings. The van der Waals surface area contributed by atoms with Crippen LogP contribution in [0.2, 0.25) is 5.02 Å². The molecule has 0 aliphatic rings. The molecule has 0 aliphatic carbocycles. The molecule has 0 saturated carbocycles. The third-order valence-corrected chi connectivity index (χ3v) is 3.97. The zero-order chi connectivity index (χ0) is 19.6. The first-order valence-electron chi connectivity index (χ1n) is 8.10. The van der Waals surface area contributed by atoms with E-state index in [2.05, 4.69) is 5.32 Å². The molecule has 2 aromatic rings. The highest BCUT2D eigenvalue weighted by atomic mass is 35.5. The summed E-state index contributed by atoms with van der Waals surface area (Å²) in [4.78, 5) is 23.5. The van der Waals surface area contributed by atoms with Gasteiger partial charge in [-0.2, -0.15) is 0 Å². The van der Waals surface area contributed by atoms with Crippen molar-refractivity contribution in [2.24, 2.45) is 0 Å². The number of esters is 1. The molecular formula is C20H20ClNO5. The molecule has 0 saturated heterocycles. The fourth-order valence-electron chi connectivity index (χ4n) is 2.19. The van der Waals surface area contributed by atoms with E-state index >= 15 is 0 Å². The van der Waals surface area contributed by atoms with Gasteiger partial charge >= 0.3 is 5.97 Å². The first-order valence-corrected chi connectivity index (χ1v) is 8.48. The van der Waals surface area contributed by atoms with Gasteiger partial charge in [0.15, 0.2) is 18.1 Å². The Labute approximate surface area is 162 Å². The third kappa shape index (κ3) is 6.34. The quantitative estimate of drug-likeness (QED) is 0.554. The van der Waals surface area contributed by atoms with Crippen LogP contribution in [0.25, 0.3) is 6.08 Å². The van der Waals surface area contributed by atoms with Crippen molar-refractivity contribution in [1.29, 1.82) is 0 Å². The van der Waals surface area contributed by atoms with E-state index in [4.69, 9.17) is 25.8 Å². The van der Waals surface area contributed by atoms with Gasteiger partial charge in [-0.1, -0.05) is 35.9 Å². The topological polar surface area (TPSA) is 73.9 Å². The van der Waals surface area contributed by atoms with Crippen molar-refractivity contribution in [3.63, 3.8) is 0 Å². The molecule has 2 aromatic carbocycles. The average Bonchev–Trinajstić information content (AvgIpc) is 2.69. The van der Waals surface area contributed by atoms with E-state index in [0.29, 0.717) is 16.5 Å². The standard InChI is InChI=1S/C20H20ClNO5/c1-25-17-9-7-14(11-18(17)26-2)8-10-20(24)27-13-19(23)22-12-15-5-3-4-6-16(15)21/h3-11H,12-13H2,1-2H3,(H,22,23)/b10-8+. The van der Waals surface area contributed by atoms with Gasteiger partial charge < -0.3 is 19.5 Å². The Balaban J connectivity index is 1.81. The monoisotopic (exact) mass is 389 g/mol. The SMILES string of the molecule is COc1ccc(/C=C/C(=O)OCC(=O)NCc2ccccc2Cl)cc1OC. The maximum atomic E-state index is 11.8. The Bertz CT molecular complexity index is 835. The van der Waals surface area contributed by atoms with Crippen LogP contribution >= 0.6 is 11.6 Å². The van der Waals surface area contributed by atoms with E-state index < -0.39 is 11.9 Å². The minimum absolute atomic E-state index is 0.261. The molecule has 0 unspecified atom stereocenters. The zero-order valence-electron chi connectivity index (χ0n) is 15.0. The number of methoxy groups -OCH3 is 2. The molecule has 142 valence electrons. The number of rotatable bonds is 8. The minimum atomic E-state index is -0.627. The van der Waals surface area contributed by atoms with Gasteiger partial charge in [0.2, 0.25) is 0 Å². The highest BCUT2D eigenvalue weighted by molar-refractivity contribution is 6.31. The number of halogens is 1. The summed E-state index contributed by atoms with van der Waals surface area (Å²) < 4.78 is 15.3. The van der Waals surface area contributed by atoms with Crippen LogP contribution in [0, 0.1) is 0 Å². The molecule has 0 spiro atoms. The van der Waals surface area contributed by atoms with Gasteiger partial charge in [0, 0.05) is 17.6 Å². The van der Waals surface area contributed by atoms with Gasteiger partial charge in [0.1, 0.15) is 0 Å². The molecule has 0 aliphatic heterocycles. The zero-order valence-corrected chi connectivity index (χ0v) is 15.8. The molecule has 6 nitrogen and oxygen atoms in total. The van der Waals surface area contributed by atoms with E-state index in [9.17, 15) is 9.59 Å². The van der Waals surface area contributed by atoms with Crippen LogP contribution in [0.15, 0.2) is 48.5 Å². The summed E-state index contributed by atoms with van der Waals surface area (Å²) in [5.41, 5.74) is 1.51. The molecule has 7 heteroatoms. The Hall–Kier alpha value is -2.99. The molecule has 0 heterocycles. The van der Waals surface area contributed by atoms with Crippen molar-refractivity contribution in [2.75, 3.05) is 20.8 Å². The third-order valence-electron chi connectivity index (χ3n) is 3.60. The summed E-state index contributed by atoms with van der Waals surface area (Å²) >= 11 is 6.01. The predicted octanol–water partition coefficient (Wildman–Crippen LogP) is 3.23. The number of ether oxygens (including phenoxy) is 3. The average molecular weight is 390 g/mol. The lowest BCUT2D eigenvalue weighted by atomic mass is 10.2. The molecule has 0 atom stereocenters. The van der Waals surface area contributed by atoms with Gasteiger partial charge in [0.25, 0.3) is 5.91 Å². The van der Waals surface area contributed by atoms with Crippen LogP contribution in [-0.2, 0) is 20.9 Å². The second-order valence-corrected chi connectivity index (χ2v) is 5.83. The maximum absolute atomic E-state index is 11.8. The molecule has 1 amide bonds. The van der Waals surface area contributed by atoms with Gasteiger partial charge in [-0.3, -0.25) is 4.79 Å². The van der Waals surface area contributed by atoms with Crippen LogP contribution in [0.3, 0.4) is 0 Å². The Kier molecular flexibility index (Phi) is 7.70. The summed E-state index contributed by atoms with van der Waals surface area (Å²) in [6.07, 6.45) is 2.80. The van der Waals surface area contributed by atoms with Gasteiger partial charge in [0.05, 0.1) is 14.2 Å². The van der Waals surface area contributed by atoms with Crippen molar-refractivity contribution >= 4 is 29.6 Å². The fourth-order valence-corrected chi connectivity index (χ4v) is 2.39. The van der Waals surface area contributed by atoms with Crippen LogP contribution in [-0.4, -0.2) is 32.7 Å². The molecule has 0 bridgehead atoms. The predicted molar refractivity (Wildman–Crippen MR) is 103 cm³/mol. The molecule has 27 heavy (non-hydrogen) atoms. The van der Waals surface area contributed by atoms with Crippen LogP contribution in [0.5, 0.6) is 11.5 Å². The largest absolute Gasteiger partial charge is 0.493 e. The normalized spacial score (nSPS) is 10.5. The molecular weight excluding hydrogens is 370 g/mol. The van der Waals surface area contributed by atoms with Gasteiger partial charge in [-0.05, 0) is 35.4 Å². The lowest BCUT2D eigenvalue weighted by Crippen LogP contribution is -2.28. The number of carbonyl (C=O) groups excluding carboxylic acids is 2. The number of carbonyl (C=O) groups is 2. The van der Waals surface area contributed by atoms with Crippen molar-refractivity contribution in [3.05, 3.63) is 64.7 Å². The number of amides is 1. The van der Waals surface area contributed by atoms with E-state index in [1.165, 1.54) is 13.2 Å². The molecule has 2 rings (SSSR count). The Morgan fingerprint density at radius 1 is 1.07 bits per heavy atom. The molecule has 1 N–H and O–H groups in total. The van der Waals surface area contributed by atoms with Crippen LogP contribution < -0.4 is 14.8 Å². The number of benzene rings is 2. The van der Waals surface area contributed by atoms with Gasteiger partial charge in [-0.25, -0.2) is 4.79 Å². The maximum Gasteiger partial charge on any atom is 0.331 e. The lowest BCUT2D eigenvalue weighted by Gasteiger charge is -2.08. The fraction of sp³-hybridized carbons (Fsp3) is 0.200. The smallest absolute Gasteiger partial charge is 0.331 e.